The van der Waals surface area contributed by atoms with Gasteiger partial charge in [-0.25, -0.2) is 0 Å². The largest absolute Gasteiger partial charge is 0.462 e. The van der Waals surface area contributed by atoms with Crippen molar-refractivity contribution in [1.29, 1.82) is 0 Å². The highest BCUT2D eigenvalue weighted by atomic mass is 16.6. The number of carbonyl (C=O) groups excluding carboxylic acids is 3. The quantitative estimate of drug-likeness (QED) is 0.0262. The van der Waals surface area contributed by atoms with Crippen LogP contribution >= 0.6 is 0 Å². The number of ether oxygens (including phenoxy) is 3. The highest BCUT2D eigenvalue weighted by Gasteiger charge is 2.19. The monoisotopic (exact) mass is 879 g/mol. The van der Waals surface area contributed by atoms with E-state index in [0.29, 0.717) is 19.3 Å². The predicted octanol–water partition coefficient (Wildman–Crippen LogP) is 17.4. The molecule has 0 radical (unpaired) electrons. The summed E-state index contributed by atoms with van der Waals surface area (Å²) in [5.74, 6) is -0.914. The summed E-state index contributed by atoms with van der Waals surface area (Å²) >= 11 is 0. The van der Waals surface area contributed by atoms with E-state index >= 15 is 0 Å². The topological polar surface area (TPSA) is 78.9 Å². The SMILES string of the molecule is CC\C=C/C=C\C=C/CCCCCCCCCC(=O)OC(COC(=O)CCCCCCC\C=C/C=C\C=C/CC)COC(=O)CCCCCCCCCCCCCCCCCCC. The molecule has 6 heteroatoms. The summed E-state index contributed by atoms with van der Waals surface area (Å²) in [6.07, 6.45) is 64.6. The molecule has 0 aromatic heterocycles. The van der Waals surface area contributed by atoms with Crippen LogP contribution in [0.3, 0.4) is 0 Å². The Morgan fingerprint density at radius 1 is 0.333 bits per heavy atom. The lowest BCUT2D eigenvalue weighted by atomic mass is 10.0. The molecule has 63 heavy (non-hydrogen) atoms. The van der Waals surface area contributed by atoms with E-state index in [1.807, 2.05) is 0 Å². The Morgan fingerprint density at radius 2 is 0.619 bits per heavy atom. The number of rotatable bonds is 47. The van der Waals surface area contributed by atoms with Gasteiger partial charge in [-0.1, -0.05) is 248 Å². The maximum Gasteiger partial charge on any atom is 0.306 e. The fourth-order valence-electron chi connectivity index (χ4n) is 7.38. The van der Waals surface area contributed by atoms with Gasteiger partial charge in [0.05, 0.1) is 0 Å². The minimum atomic E-state index is -0.788. The molecule has 0 aromatic rings. The van der Waals surface area contributed by atoms with Crippen LogP contribution in [0.1, 0.15) is 252 Å². The Balaban J connectivity index is 4.39. The van der Waals surface area contributed by atoms with Crippen LogP contribution in [-0.2, 0) is 28.6 Å². The first-order valence-electron chi connectivity index (χ1n) is 26.5. The van der Waals surface area contributed by atoms with Crippen molar-refractivity contribution < 1.29 is 28.6 Å². The zero-order chi connectivity index (χ0) is 45.8. The predicted molar refractivity (Wildman–Crippen MR) is 270 cm³/mol. The maximum atomic E-state index is 12.8. The van der Waals surface area contributed by atoms with Gasteiger partial charge >= 0.3 is 17.9 Å². The molecule has 1 atom stereocenters. The Labute approximate surface area is 389 Å². The lowest BCUT2D eigenvalue weighted by Gasteiger charge is -2.18. The molecule has 0 spiro atoms. The molecule has 0 saturated heterocycles. The van der Waals surface area contributed by atoms with E-state index in [1.165, 1.54) is 116 Å². The number of hydrogen-bond acceptors (Lipinski definition) is 6. The van der Waals surface area contributed by atoms with E-state index < -0.39 is 6.10 Å². The molecule has 0 bridgehead atoms. The second-order valence-electron chi connectivity index (χ2n) is 17.5. The molecular weight excluding hydrogens is 781 g/mol. The van der Waals surface area contributed by atoms with Crippen molar-refractivity contribution in [3.05, 3.63) is 72.9 Å². The molecule has 362 valence electrons. The summed E-state index contributed by atoms with van der Waals surface area (Å²) < 4.78 is 16.8. The second kappa shape index (κ2) is 51.5. The molecule has 0 rings (SSSR count). The summed E-state index contributed by atoms with van der Waals surface area (Å²) in [4.78, 5) is 38.0. The molecule has 0 heterocycles. The molecule has 0 aliphatic heterocycles. The van der Waals surface area contributed by atoms with Crippen molar-refractivity contribution in [2.24, 2.45) is 0 Å². The standard InChI is InChI=1S/C57H98O6/c1-4-7-10-13-16-19-22-25-27-28-30-32-35-38-41-44-47-50-56(59)62-53-54(52-61-55(58)49-46-43-40-37-34-31-24-21-18-15-12-9-6-3)63-57(60)51-48-45-42-39-36-33-29-26-23-20-17-14-11-8-5-2/h8-9,11-12,14-15,17-18,20-21,23-24,54H,4-7,10,13,16,19,22,25-53H2,1-3H3/b11-8-,12-9-,17-14-,18-15-,23-20-,24-21-. The van der Waals surface area contributed by atoms with Crippen LogP contribution in [0.15, 0.2) is 72.9 Å². The van der Waals surface area contributed by atoms with Gasteiger partial charge in [-0.15, -0.1) is 0 Å². The Morgan fingerprint density at radius 3 is 0.952 bits per heavy atom. The smallest absolute Gasteiger partial charge is 0.306 e. The minimum Gasteiger partial charge on any atom is -0.462 e. The van der Waals surface area contributed by atoms with Gasteiger partial charge in [0.2, 0.25) is 0 Å². The molecule has 1 unspecified atom stereocenters. The summed E-state index contributed by atoms with van der Waals surface area (Å²) in [5.41, 5.74) is 0. The van der Waals surface area contributed by atoms with E-state index in [-0.39, 0.29) is 31.1 Å². The number of allylic oxidation sites excluding steroid dienone is 12. The average Bonchev–Trinajstić information content (AvgIpc) is 3.28. The number of esters is 3. The normalized spacial score (nSPS) is 12.6. The molecule has 0 N–H and O–H groups in total. The Kier molecular flexibility index (Phi) is 48.9. The average molecular weight is 879 g/mol. The van der Waals surface area contributed by atoms with Gasteiger partial charge in [0, 0.05) is 19.3 Å². The van der Waals surface area contributed by atoms with Crippen molar-refractivity contribution in [2.75, 3.05) is 13.2 Å². The van der Waals surface area contributed by atoms with Crippen LogP contribution in [0.5, 0.6) is 0 Å². The zero-order valence-corrected chi connectivity index (χ0v) is 41.3. The van der Waals surface area contributed by atoms with Crippen LogP contribution in [0, 0.1) is 0 Å². The van der Waals surface area contributed by atoms with E-state index in [2.05, 4.69) is 93.7 Å². The fraction of sp³-hybridized carbons (Fsp3) is 0.737. The van der Waals surface area contributed by atoms with Gasteiger partial charge in [0.15, 0.2) is 6.10 Å². The fourth-order valence-corrected chi connectivity index (χ4v) is 7.38. The molecule has 6 nitrogen and oxygen atoms in total. The Hall–Kier alpha value is -3.15. The van der Waals surface area contributed by atoms with E-state index in [0.717, 1.165) is 96.3 Å². The van der Waals surface area contributed by atoms with Gasteiger partial charge in [-0.3, -0.25) is 14.4 Å². The summed E-state index contributed by atoms with van der Waals surface area (Å²) in [6, 6.07) is 0. The van der Waals surface area contributed by atoms with Gasteiger partial charge in [-0.05, 0) is 57.8 Å². The van der Waals surface area contributed by atoms with Crippen molar-refractivity contribution in [1.82, 2.24) is 0 Å². The highest BCUT2D eigenvalue weighted by molar-refractivity contribution is 5.71. The van der Waals surface area contributed by atoms with Gasteiger partial charge in [0.25, 0.3) is 0 Å². The van der Waals surface area contributed by atoms with Crippen molar-refractivity contribution in [3.8, 4) is 0 Å². The van der Waals surface area contributed by atoms with Crippen molar-refractivity contribution >= 4 is 17.9 Å². The second-order valence-corrected chi connectivity index (χ2v) is 17.5. The first kappa shape index (κ1) is 59.9. The van der Waals surface area contributed by atoms with Gasteiger partial charge in [-0.2, -0.15) is 0 Å². The summed E-state index contributed by atoms with van der Waals surface area (Å²) in [6.45, 7) is 6.36. The molecule has 0 saturated carbocycles. The number of hydrogen-bond donors (Lipinski definition) is 0. The Bertz CT molecular complexity index is 1190. The van der Waals surface area contributed by atoms with Crippen LogP contribution < -0.4 is 0 Å². The third-order valence-electron chi connectivity index (χ3n) is 11.3. The van der Waals surface area contributed by atoms with E-state index in [4.69, 9.17) is 14.2 Å². The number of unbranched alkanes of at least 4 members (excludes halogenated alkanes) is 28. The summed E-state index contributed by atoms with van der Waals surface area (Å²) in [5, 5.41) is 0. The number of carbonyl (C=O) groups is 3. The third-order valence-corrected chi connectivity index (χ3v) is 11.3. The maximum absolute atomic E-state index is 12.8. The van der Waals surface area contributed by atoms with Crippen LogP contribution in [-0.4, -0.2) is 37.2 Å². The molecule has 0 fully saturated rings. The van der Waals surface area contributed by atoms with Gasteiger partial charge in [0.1, 0.15) is 13.2 Å². The molecule has 0 aliphatic rings. The first-order valence-corrected chi connectivity index (χ1v) is 26.5. The van der Waals surface area contributed by atoms with E-state index in [1.54, 1.807) is 0 Å². The van der Waals surface area contributed by atoms with Crippen molar-refractivity contribution in [3.63, 3.8) is 0 Å². The molecule has 0 aromatic carbocycles. The van der Waals surface area contributed by atoms with Gasteiger partial charge < -0.3 is 14.2 Å². The van der Waals surface area contributed by atoms with E-state index in [9.17, 15) is 14.4 Å². The lowest BCUT2D eigenvalue weighted by molar-refractivity contribution is -0.167. The highest BCUT2D eigenvalue weighted by Crippen LogP contribution is 2.16. The lowest BCUT2D eigenvalue weighted by Crippen LogP contribution is -2.30. The van der Waals surface area contributed by atoms with Crippen LogP contribution in [0.4, 0.5) is 0 Å². The third kappa shape index (κ3) is 49.7. The van der Waals surface area contributed by atoms with Crippen LogP contribution in [0.25, 0.3) is 0 Å². The minimum absolute atomic E-state index is 0.0854. The summed E-state index contributed by atoms with van der Waals surface area (Å²) in [7, 11) is 0. The van der Waals surface area contributed by atoms with Crippen LogP contribution in [0.2, 0.25) is 0 Å². The molecular formula is C57H98O6. The molecule has 0 amide bonds. The molecule has 0 aliphatic carbocycles. The first-order chi connectivity index (χ1) is 31.0. The van der Waals surface area contributed by atoms with Crippen molar-refractivity contribution in [2.45, 2.75) is 258 Å². The zero-order valence-electron chi connectivity index (χ0n) is 41.3.